The number of thioether (sulfide) groups is 1. The average molecular weight is 1330 g/mol. The lowest BCUT2D eigenvalue weighted by atomic mass is 9.91. The summed E-state index contributed by atoms with van der Waals surface area (Å²) in [5.74, 6) is -8.54. The number of carbonyl (C=O) groups is 11. The van der Waals surface area contributed by atoms with Crippen LogP contribution in [0.1, 0.15) is 163 Å². The zero-order valence-electron chi connectivity index (χ0n) is 61.3. The Bertz CT molecular complexity index is 2570. The number of hydrogen-bond acceptors (Lipinski definition) is 14. The first kappa shape index (κ1) is 83.3. The van der Waals surface area contributed by atoms with Gasteiger partial charge in [-0.25, -0.2) is 0 Å². The molecule has 2 bridgehead atoms. The molecule has 14 atom stereocenters. The molecule has 25 heteroatoms. The van der Waals surface area contributed by atoms with E-state index in [0.29, 0.717) is 18.7 Å². The summed E-state index contributed by atoms with van der Waals surface area (Å²) in [6, 6.07) is -14.0. The van der Waals surface area contributed by atoms with Crippen LogP contribution in [0.25, 0.3) is 0 Å². The van der Waals surface area contributed by atoms with Crippen molar-refractivity contribution in [1.82, 2.24) is 60.0 Å². The van der Waals surface area contributed by atoms with Crippen molar-refractivity contribution < 1.29 is 57.8 Å². The van der Waals surface area contributed by atoms with Gasteiger partial charge in [-0.1, -0.05) is 109 Å². The molecule has 0 aromatic carbocycles. The van der Waals surface area contributed by atoms with E-state index >= 15 is 28.8 Å². The third-order valence-corrected chi connectivity index (χ3v) is 19.8. The lowest BCUT2D eigenvalue weighted by Gasteiger charge is -2.41. The molecule has 532 valence electrons. The summed E-state index contributed by atoms with van der Waals surface area (Å²) in [4.78, 5) is 177. The van der Waals surface area contributed by atoms with Gasteiger partial charge >= 0.3 is 0 Å². The molecule has 0 aromatic heterocycles. The normalized spacial score (nSPS) is 27.8. The molecule has 2 saturated heterocycles. The van der Waals surface area contributed by atoms with Gasteiger partial charge in [0.15, 0.2) is 0 Å². The van der Waals surface area contributed by atoms with Crippen LogP contribution in [0.3, 0.4) is 0 Å². The number of fused-ring (bicyclic) bond motifs is 2. The smallest absolute Gasteiger partial charge is 0.246 e. The van der Waals surface area contributed by atoms with E-state index in [4.69, 9.17) is 0 Å². The van der Waals surface area contributed by atoms with Gasteiger partial charge in [-0.15, -0.1) is 0 Å². The van der Waals surface area contributed by atoms with Crippen LogP contribution in [0.4, 0.5) is 0 Å². The van der Waals surface area contributed by atoms with Gasteiger partial charge in [-0.2, -0.15) is 11.8 Å². The molecular weight excluding hydrogens is 1210 g/mol. The van der Waals surface area contributed by atoms with Gasteiger partial charge < -0.3 is 65.2 Å². The van der Waals surface area contributed by atoms with E-state index < -0.39 is 161 Å². The summed E-state index contributed by atoms with van der Waals surface area (Å²) in [6.45, 7) is 34.7. The highest BCUT2D eigenvalue weighted by molar-refractivity contribution is 7.99. The van der Waals surface area contributed by atoms with Crippen LogP contribution in [0.2, 0.25) is 0 Å². The third kappa shape index (κ3) is 21.9. The van der Waals surface area contributed by atoms with Crippen LogP contribution >= 0.6 is 11.8 Å². The van der Waals surface area contributed by atoms with Crippen molar-refractivity contribution in [3.63, 3.8) is 0 Å². The van der Waals surface area contributed by atoms with E-state index in [0.717, 1.165) is 18.0 Å². The Labute approximate surface area is 562 Å². The fourth-order valence-corrected chi connectivity index (χ4v) is 13.7. The van der Waals surface area contributed by atoms with Gasteiger partial charge in [-0.05, 0) is 115 Å². The van der Waals surface area contributed by atoms with Crippen molar-refractivity contribution in [3.05, 3.63) is 12.2 Å². The summed E-state index contributed by atoms with van der Waals surface area (Å²) >= 11 is 1.45. The standard InChI is InChI=1S/C68H122N12O12S/c1-26-30-31-44(15)57(81)56-60(84)70-48(27-2)62(86)76(23)53(38-93-33-32-79(28-3)29-4)65(89)72(19)49(34-39(5)6)59(83)71-54(42(11)12)67(91)75(22)52-37-45(16)80(66(52)90)47(18)58(82)69-46(17)61(85)73(20)50(35-40(7)8)63(87)74(21)51(36-41(9)10)64(88)77(24)55(43(13)14)68(92)78(56)25/h26,30,39-57,81H,27-29,31-38H2,1-25H3,(H,69,82)(H,70,84)(H,71,83)/b30-26+/t44-,45?,46+,47-,48-,49+,50-,51-,52-,53-,54-,55-,56-,57-/m1/s1. The molecule has 2 aliphatic rings. The summed E-state index contributed by atoms with van der Waals surface area (Å²) in [6.07, 6.45) is 3.02. The zero-order valence-corrected chi connectivity index (χ0v) is 62.1. The van der Waals surface area contributed by atoms with Gasteiger partial charge in [0.25, 0.3) is 0 Å². The number of rotatable bonds is 20. The second kappa shape index (κ2) is 38.1. The predicted molar refractivity (Wildman–Crippen MR) is 366 cm³/mol. The molecule has 2 heterocycles. The number of nitrogens with zero attached hydrogens (tertiary/aromatic N) is 9. The molecule has 1 unspecified atom stereocenters. The van der Waals surface area contributed by atoms with E-state index in [2.05, 4.69) is 34.7 Å². The van der Waals surface area contributed by atoms with Crippen molar-refractivity contribution in [2.75, 3.05) is 80.5 Å². The van der Waals surface area contributed by atoms with Gasteiger partial charge in [0, 0.05) is 73.4 Å². The van der Waals surface area contributed by atoms with Gasteiger partial charge in [0.2, 0.25) is 65.0 Å². The van der Waals surface area contributed by atoms with Crippen molar-refractivity contribution >= 4 is 76.7 Å². The number of aliphatic hydroxyl groups excluding tert-OH is 1. The van der Waals surface area contributed by atoms with E-state index in [1.54, 1.807) is 54.5 Å². The second-order valence-electron chi connectivity index (χ2n) is 28.1. The second-order valence-corrected chi connectivity index (χ2v) is 29.2. The number of amides is 11. The lowest BCUT2D eigenvalue weighted by molar-refractivity contribution is -0.157. The van der Waals surface area contributed by atoms with Crippen LogP contribution in [-0.4, -0.2) is 273 Å². The molecule has 4 N–H and O–H groups in total. The topological polar surface area (TPSA) is 273 Å². The summed E-state index contributed by atoms with van der Waals surface area (Å²) in [7, 11) is 10.2. The number of aliphatic hydroxyl groups is 1. The number of allylic oxidation sites excluding steroid dienone is 2. The summed E-state index contributed by atoms with van der Waals surface area (Å²) < 4.78 is 0. The molecule has 0 saturated carbocycles. The van der Waals surface area contributed by atoms with E-state index in [-0.39, 0.29) is 55.6 Å². The summed E-state index contributed by atoms with van der Waals surface area (Å²) in [5.41, 5.74) is 0. The largest absolute Gasteiger partial charge is 0.390 e. The highest BCUT2D eigenvalue weighted by atomic mass is 32.2. The molecule has 24 nitrogen and oxygen atoms in total. The van der Waals surface area contributed by atoms with Crippen molar-refractivity contribution in [2.45, 2.75) is 242 Å². The molecular formula is C68H122N12O12S. The van der Waals surface area contributed by atoms with Crippen LogP contribution in [0.5, 0.6) is 0 Å². The minimum absolute atomic E-state index is 0.0145. The van der Waals surface area contributed by atoms with Crippen molar-refractivity contribution in [2.24, 2.45) is 35.5 Å². The Morgan fingerprint density at radius 3 is 1.48 bits per heavy atom. The first-order valence-corrected chi connectivity index (χ1v) is 35.1. The summed E-state index contributed by atoms with van der Waals surface area (Å²) in [5, 5.41) is 20.9. The van der Waals surface area contributed by atoms with Crippen LogP contribution in [-0.2, 0) is 52.7 Å². The van der Waals surface area contributed by atoms with E-state index in [1.807, 2.05) is 54.5 Å². The highest BCUT2D eigenvalue weighted by Gasteiger charge is 2.49. The van der Waals surface area contributed by atoms with Crippen molar-refractivity contribution in [1.29, 1.82) is 0 Å². The number of carbonyl (C=O) groups excluding carboxylic acids is 11. The molecule has 0 aromatic rings. The molecule has 0 spiro atoms. The fourth-order valence-electron chi connectivity index (χ4n) is 12.6. The number of nitrogens with one attached hydrogen (secondary N) is 3. The lowest BCUT2D eigenvalue weighted by Crippen LogP contribution is -2.64. The maximum Gasteiger partial charge on any atom is 0.246 e. The monoisotopic (exact) mass is 1330 g/mol. The molecule has 93 heavy (non-hydrogen) atoms. The zero-order chi connectivity index (χ0) is 71.5. The molecule has 2 aliphatic heterocycles. The third-order valence-electron chi connectivity index (χ3n) is 18.7. The molecule has 2 fully saturated rings. The van der Waals surface area contributed by atoms with Gasteiger partial charge in [-0.3, -0.25) is 52.7 Å². The van der Waals surface area contributed by atoms with Crippen LogP contribution < -0.4 is 16.0 Å². The molecule has 2 rings (SSSR count). The van der Waals surface area contributed by atoms with Crippen LogP contribution in [0, 0.1) is 35.5 Å². The minimum atomic E-state index is -1.63. The maximum atomic E-state index is 15.4. The van der Waals surface area contributed by atoms with Gasteiger partial charge in [0.1, 0.15) is 66.5 Å². The number of hydrogen-bond donors (Lipinski definition) is 4. The van der Waals surface area contributed by atoms with E-state index in [9.17, 15) is 29.1 Å². The molecule has 11 amide bonds. The molecule has 0 aliphatic carbocycles. The van der Waals surface area contributed by atoms with Crippen molar-refractivity contribution in [3.8, 4) is 0 Å². The predicted octanol–water partition coefficient (Wildman–Crippen LogP) is 4.17. The Balaban J connectivity index is 3.10. The Morgan fingerprint density at radius 2 is 1.00 bits per heavy atom. The highest BCUT2D eigenvalue weighted by Crippen LogP contribution is 2.29. The quantitative estimate of drug-likeness (QED) is 0.0985. The van der Waals surface area contributed by atoms with Gasteiger partial charge in [0.05, 0.1) is 6.10 Å². The first-order chi connectivity index (χ1) is 43.2. The SMILES string of the molecule is C/C=C/C[C@@H](C)[C@@H](O)[C@@H]1C(=O)N[C@H](CC)C(=O)N(C)[C@H](CSCCN(CC)CC)C(=O)N(C)[C@@H](CC(C)C)C(=O)N[C@H](C(C)C)C(=O)N(C)[C@@H]2CC(C)N(C2=O)[C@H](C)C(=O)N[C@@H](C)C(=O)N(C)[C@H](CC(C)C)C(=O)N(C)[C@H](CC(C)C)C(=O)N(C)[C@H](C(C)C)C(=O)N1C. The minimum Gasteiger partial charge on any atom is -0.390 e. The average Bonchev–Trinajstić information content (AvgIpc) is 1.73. The van der Waals surface area contributed by atoms with E-state index in [1.165, 1.54) is 109 Å². The Kier molecular flexibility index (Phi) is 34.1. The first-order valence-electron chi connectivity index (χ1n) is 33.9. The Hall–Kier alpha value is -5.82. The number of likely N-dealkylation sites (N-methyl/N-ethyl adjacent to an activating group) is 7. The van der Waals surface area contributed by atoms with Crippen LogP contribution in [0.15, 0.2) is 12.2 Å². The maximum absolute atomic E-state index is 15.4. The molecule has 0 radical (unpaired) electrons. The Morgan fingerprint density at radius 1 is 0.527 bits per heavy atom. The fraction of sp³-hybridized carbons (Fsp3) is 0.809.